The minimum Gasteiger partial charge on any atom is -0.465 e. The van der Waals surface area contributed by atoms with Crippen LogP contribution in [0.1, 0.15) is 43.5 Å². The predicted molar refractivity (Wildman–Crippen MR) is 135 cm³/mol. The molecule has 3 aromatic rings. The van der Waals surface area contributed by atoms with Crippen molar-refractivity contribution in [2.24, 2.45) is 5.92 Å². The quantitative estimate of drug-likeness (QED) is 0.430. The number of benzene rings is 1. The Hall–Kier alpha value is -3.54. The van der Waals surface area contributed by atoms with Gasteiger partial charge in [-0.2, -0.15) is 9.97 Å². The molecule has 10 nitrogen and oxygen atoms in total. The SMILES string of the molecule is Cc1cccc2nc(C(F)F)n(-c3cc(N4CCOCC4)nc(NC[C@H]4CC[C@H](NC(=O)O)CC4)n3)c12. The van der Waals surface area contributed by atoms with Crippen molar-refractivity contribution in [3.63, 3.8) is 0 Å². The molecule has 37 heavy (non-hydrogen) atoms. The average molecular weight is 516 g/mol. The van der Waals surface area contributed by atoms with Crippen molar-refractivity contribution < 1.29 is 23.4 Å². The number of nitrogens with zero attached hydrogens (tertiary/aromatic N) is 5. The Balaban J connectivity index is 1.46. The summed E-state index contributed by atoms with van der Waals surface area (Å²) in [6, 6.07) is 7.11. The Morgan fingerprint density at radius 1 is 1.14 bits per heavy atom. The number of fused-ring (bicyclic) bond motifs is 1. The second kappa shape index (κ2) is 10.8. The number of carbonyl (C=O) groups is 1. The second-order valence-electron chi connectivity index (χ2n) is 9.60. The third-order valence-corrected chi connectivity index (χ3v) is 7.09. The smallest absolute Gasteiger partial charge is 0.404 e. The van der Waals surface area contributed by atoms with Crippen LogP contribution in [0.4, 0.5) is 25.3 Å². The lowest BCUT2D eigenvalue weighted by atomic mass is 9.86. The van der Waals surface area contributed by atoms with Gasteiger partial charge in [-0.1, -0.05) is 12.1 Å². The molecule has 0 radical (unpaired) electrons. The van der Waals surface area contributed by atoms with Crippen molar-refractivity contribution in [2.45, 2.75) is 45.1 Å². The summed E-state index contributed by atoms with van der Waals surface area (Å²) in [6.45, 7) is 4.88. The number of nitrogens with one attached hydrogen (secondary N) is 2. The standard InChI is InChI=1S/C25H31F2N7O3/c1-15-3-2-4-18-21(15)34(23(30-18)22(26)27)20-13-19(33-9-11-37-12-10-33)31-24(32-20)28-14-16-5-7-17(8-6-16)29-25(35)36/h2-4,13,16-17,22,29H,5-12,14H2,1H3,(H,35,36)(H,28,31,32)/t16-,17-. The monoisotopic (exact) mass is 515 g/mol. The highest BCUT2D eigenvalue weighted by atomic mass is 19.3. The maximum atomic E-state index is 14.1. The number of imidazole rings is 1. The molecule has 2 fully saturated rings. The van der Waals surface area contributed by atoms with Gasteiger partial charge in [0.15, 0.2) is 5.82 Å². The molecular formula is C25H31F2N7O3. The van der Waals surface area contributed by atoms with E-state index < -0.39 is 12.5 Å². The molecule has 5 rings (SSSR count). The summed E-state index contributed by atoms with van der Waals surface area (Å²) < 4.78 is 35.2. The van der Waals surface area contributed by atoms with Crippen LogP contribution >= 0.6 is 0 Å². The molecule has 2 aliphatic rings. The number of ether oxygens (including phenoxy) is 1. The lowest BCUT2D eigenvalue weighted by molar-refractivity contribution is 0.122. The summed E-state index contributed by atoms with van der Waals surface area (Å²) in [4.78, 5) is 26.6. The molecule has 1 aliphatic carbocycles. The van der Waals surface area contributed by atoms with Gasteiger partial charge in [-0.05, 0) is 50.2 Å². The van der Waals surface area contributed by atoms with E-state index in [9.17, 15) is 13.6 Å². The molecule has 0 spiro atoms. The fourth-order valence-electron chi connectivity index (χ4n) is 5.18. The molecule has 12 heteroatoms. The summed E-state index contributed by atoms with van der Waals surface area (Å²) in [7, 11) is 0. The van der Waals surface area contributed by atoms with Crippen LogP contribution in [-0.4, -0.2) is 69.6 Å². The van der Waals surface area contributed by atoms with E-state index in [-0.39, 0.29) is 11.9 Å². The van der Waals surface area contributed by atoms with E-state index in [1.165, 1.54) is 4.57 Å². The van der Waals surface area contributed by atoms with Gasteiger partial charge in [0.25, 0.3) is 6.43 Å². The molecule has 198 valence electrons. The van der Waals surface area contributed by atoms with Crippen LogP contribution in [0.5, 0.6) is 0 Å². The minimum absolute atomic E-state index is 0.0215. The van der Waals surface area contributed by atoms with Gasteiger partial charge in [0, 0.05) is 31.7 Å². The van der Waals surface area contributed by atoms with Crippen LogP contribution < -0.4 is 15.5 Å². The molecule has 0 unspecified atom stereocenters. The van der Waals surface area contributed by atoms with Gasteiger partial charge in [0.2, 0.25) is 5.95 Å². The minimum atomic E-state index is -2.78. The van der Waals surface area contributed by atoms with E-state index >= 15 is 0 Å². The number of anilines is 2. The summed E-state index contributed by atoms with van der Waals surface area (Å²) >= 11 is 0. The van der Waals surface area contributed by atoms with Crippen LogP contribution in [-0.2, 0) is 4.74 Å². The Morgan fingerprint density at radius 3 is 2.57 bits per heavy atom. The summed E-state index contributed by atoms with van der Waals surface area (Å²) in [6.07, 6.45) is -0.482. The van der Waals surface area contributed by atoms with Crippen LogP contribution in [0.15, 0.2) is 24.3 Å². The number of rotatable bonds is 7. The Bertz CT molecular complexity index is 1250. The lowest BCUT2D eigenvalue weighted by Gasteiger charge is -2.29. The van der Waals surface area contributed by atoms with E-state index in [0.717, 1.165) is 31.2 Å². The fourth-order valence-corrected chi connectivity index (χ4v) is 5.18. The van der Waals surface area contributed by atoms with Crippen LogP contribution in [0.2, 0.25) is 0 Å². The van der Waals surface area contributed by atoms with Gasteiger partial charge in [0.1, 0.15) is 11.6 Å². The number of morpholine rings is 1. The van der Waals surface area contributed by atoms with E-state index in [0.29, 0.717) is 67.4 Å². The topological polar surface area (TPSA) is 117 Å². The van der Waals surface area contributed by atoms with Crippen molar-refractivity contribution in [1.29, 1.82) is 0 Å². The molecule has 0 bridgehead atoms. The first-order chi connectivity index (χ1) is 17.9. The number of amides is 1. The van der Waals surface area contributed by atoms with Gasteiger partial charge in [0.05, 0.1) is 24.2 Å². The zero-order valence-electron chi connectivity index (χ0n) is 20.7. The third-order valence-electron chi connectivity index (χ3n) is 7.09. The highest BCUT2D eigenvalue weighted by Crippen LogP contribution is 2.31. The molecule has 2 aromatic heterocycles. The molecule has 3 heterocycles. The number of carboxylic acid groups (broad SMARTS) is 1. The maximum absolute atomic E-state index is 14.1. The summed E-state index contributed by atoms with van der Waals surface area (Å²) in [5, 5.41) is 14.8. The van der Waals surface area contributed by atoms with Crippen molar-refractivity contribution >= 4 is 28.9 Å². The predicted octanol–water partition coefficient (Wildman–Crippen LogP) is 4.14. The zero-order chi connectivity index (χ0) is 25.9. The summed E-state index contributed by atoms with van der Waals surface area (Å²) in [5.41, 5.74) is 1.91. The largest absolute Gasteiger partial charge is 0.465 e. The molecule has 0 atom stereocenters. The Morgan fingerprint density at radius 2 is 1.86 bits per heavy atom. The number of alkyl halides is 2. The first-order valence-corrected chi connectivity index (χ1v) is 12.6. The van der Waals surface area contributed by atoms with Crippen molar-refractivity contribution in [1.82, 2.24) is 24.8 Å². The molecule has 1 amide bonds. The van der Waals surface area contributed by atoms with Gasteiger partial charge < -0.3 is 25.4 Å². The number of aromatic nitrogens is 4. The van der Waals surface area contributed by atoms with Crippen LogP contribution in [0.3, 0.4) is 0 Å². The molecule has 1 saturated heterocycles. The Labute approximate surface area is 213 Å². The number of para-hydroxylation sites is 1. The van der Waals surface area contributed by atoms with Gasteiger partial charge in [-0.3, -0.25) is 4.57 Å². The van der Waals surface area contributed by atoms with Crippen molar-refractivity contribution in [3.8, 4) is 5.82 Å². The number of aryl methyl sites for hydroxylation is 1. The molecule has 1 aromatic carbocycles. The first-order valence-electron chi connectivity index (χ1n) is 12.6. The number of hydrogen-bond donors (Lipinski definition) is 3. The first kappa shape index (κ1) is 25.1. The molecule has 3 N–H and O–H groups in total. The van der Waals surface area contributed by atoms with E-state index in [2.05, 4.69) is 25.5 Å². The normalized spacial score (nSPS) is 20.4. The Kier molecular flexibility index (Phi) is 7.36. The van der Waals surface area contributed by atoms with E-state index in [1.807, 2.05) is 13.0 Å². The molecule has 1 saturated carbocycles. The van der Waals surface area contributed by atoms with Crippen molar-refractivity contribution in [2.75, 3.05) is 43.1 Å². The van der Waals surface area contributed by atoms with Crippen LogP contribution in [0, 0.1) is 12.8 Å². The molecular weight excluding hydrogens is 484 g/mol. The van der Waals surface area contributed by atoms with Gasteiger partial charge in [-0.25, -0.2) is 18.6 Å². The van der Waals surface area contributed by atoms with Crippen molar-refractivity contribution in [3.05, 3.63) is 35.7 Å². The zero-order valence-corrected chi connectivity index (χ0v) is 20.7. The number of hydrogen-bond acceptors (Lipinski definition) is 7. The van der Waals surface area contributed by atoms with E-state index in [4.69, 9.17) is 14.8 Å². The van der Waals surface area contributed by atoms with Gasteiger partial charge in [-0.15, -0.1) is 0 Å². The fraction of sp³-hybridized carbons (Fsp3) is 0.520. The van der Waals surface area contributed by atoms with Gasteiger partial charge >= 0.3 is 6.09 Å². The number of halogens is 2. The second-order valence-corrected chi connectivity index (χ2v) is 9.60. The third kappa shape index (κ3) is 5.58. The van der Waals surface area contributed by atoms with Crippen LogP contribution in [0.25, 0.3) is 16.9 Å². The van der Waals surface area contributed by atoms with E-state index in [1.54, 1.807) is 18.2 Å². The maximum Gasteiger partial charge on any atom is 0.404 e. The summed E-state index contributed by atoms with van der Waals surface area (Å²) in [5.74, 6) is 1.31. The average Bonchev–Trinajstić information content (AvgIpc) is 3.30. The highest BCUT2D eigenvalue weighted by Gasteiger charge is 2.25. The highest BCUT2D eigenvalue weighted by molar-refractivity contribution is 5.81. The lowest BCUT2D eigenvalue weighted by Crippen LogP contribution is -2.38. The molecule has 1 aliphatic heterocycles.